The Bertz CT molecular complexity index is 2590. The van der Waals surface area contributed by atoms with Crippen molar-refractivity contribution >= 4 is 52.6 Å². The molecule has 238 valence electrons. The van der Waals surface area contributed by atoms with Crippen LogP contribution in [0.4, 0.5) is 11.4 Å². The summed E-state index contributed by atoms with van der Waals surface area (Å²) in [7, 11) is -7.81. The first-order valence-electron chi connectivity index (χ1n) is 14.2. The van der Waals surface area contributed by atoms with Crippen molar-refractivity contribution in [3.05, 3.63) is 151 Å². The maximum atomic E-state index is 13.5. The van der Waals surface area contributed by atoms with Crippen LogP contribution in [0.1, 0.15) is 0 Å². The monoisotopic (exact) mass is 678 g/mol. The van der Waals surface area contributed by atoms with Crippen LogP contribution in [-0.2, 0) is 19.7 Å². The molecule has 0 spiro atoms. The van der Waals surface area contributed by atoms with E-state index in [1.807, 2.05) is 0 Å². The molecule has 14 heteroatoms. The topological polar surface area (TPSA) is 198 Å². The van der Waals surface area contributed by atoms with E-state index in [-0.39, 0.29) is 52.5 Å². The van der Waals surface area contributed by atoms with E-state index in [1.54, 1.807) is 0 Å². The fraction of sp³-hybridized carbons (Fsp3) is 0. The van der Waals surface area contributed by atoms with Crippen LogP contribution in [0, 0.1) is 0 Å². The van der Waals surface area contributed by atoms with E-state index in [0.717, 1.165) is 9.13 Å². The normalized spacial score (nSPS) is 12.2. The van der Waals surface area contributed by atoms with Gasteiger partial charge in [-0.3, -0.25) is 19.2 Å². The number of hydrogen-bond acceptors (Lipinski definition) is 10. The quantitative estimate of drug-likeness (QED) is 0.247. The molecular formula is C34H22N4O8S2. The summed E-state index contributed by atoms with van der Waals surface area (Å²) in [5, 5.41) is -0.425. The van der Waals surface area contributed by atoms with Gasteiger partial charge in [0.15, 0.2) is 0 Å². The molecule has 0 aliphatic carbocycles. The minimum atomic E-state index is -3.91. The molecule has 2 heterocycles. The Morgan fingerprint density at radius 3 is 0.854 bits per heavy atom. The molecule has 2 aromatic heterocycles. The van der Waals surface area contributed by atoms with Gasteiger partial charge in [-0.15, -0.1) is 0 Å². The van der Waals surface area contributed by atoms with Crippen LogP contribution < -0.4 is 33.7 Å². The second kappa shape index (κ2) is 10.7. The highest BCUT2D eigenvalue weighted by Crippen LogP contribution is 2.25. The Morgan fingerprint density at radius 2 is 0.604 bits per heavy atom. The highest BCUT2D eigenvalue weighted by atomic mass is 32.2. The predicted molar refractivity (Wildman–Crippen MR) is 180 cm³/mol. The van der Waals surface area contributed by atoms with Crippen molar-refractivity contribution in [2.75, 3.05) is 11.5 Å². The molecule has 12 nitrogen and oxygen atoms in total. The molecular weight excluding hydrogens is 657 g/mol. The molecule has 0 saturated heterocycles. The van der Waals surface area contributed by atoms with E-state index in [4.69, 9.17) is 11.5 Å². The van der Waals surface area contributed by atoms with Crippen molar-refractivity contribution in [3.8, 4) is 11.4 Å². The largest absolute Gasteiger partial charge is 0.399 e. The minimum absolute atomic E-state index is 0.0159. The predicted octanol–water partition coefficient (Wildman–Crippen LogP) is 2.72. The van der Waals surface area contributed by atoms with Gasteiger partial charge < -0.3 is 11.5 Å². The zero-order valence-corrected chi connectivity index (χ0v) is 26.2. The number of nitrogens with zero attached hydrogens (tertiary/aromatic N) is 2. The zero-order chi connectivity index (χ0) is 34.1. The Morgan fingerprint density at radius 1 is 0.375 bits per heavy atom. The number of aromatic nitrogens is 2. The molecule has 0 saturated carbocycles. The fourth-order valence-corrected chi connectivity index (χ4v) is 8.08. The first kappa shape index (κ1) is 30.5. The van der Waals surface area contributed by atoms with Crippen LogP contribution >= 0.6 is 0 Å². The molecule has 0 aliphatic rings. The number of benzene rings is 5. The summed E-state index contributed by atoms with van der Waals surface area (Å²) in [5.74, 6) is 0. The van der Waals surface area contributed by atoms with Gasteiger partial charge in [0.2, 0.25) is 19.7 Å². The molecule has 0 atom stereocenters. The van der Waals surface area contributed by atoms with Crippen LogP contribution in [0.25, 0.3) is 32.9 Å². The third-order valence-corrected chi connectivity index (χ3v) is 11.7. The van der Waals surface area contributed by atoms with Crippen molar-refractivity contribution < 1.29 is 16.8 Å². The van der Waals surface area contributed by atoms with E-state index >= 15 is 0 Å². The van der Waals surface area contributed by atoms with E-state index in [0.29, 0.717) is 11.4 Å². The average Bonchev–Trinajstić information content (AvgIpc) is 3.47. The summed E-state index contributed by atoms with van der Waals surface area (Å²) in [5.41, 5.74) is 9.24. The van der Waals surface area contributed by atoms with Crippen molar-refractivity contribution in [2.45, 2.75) is 19.6 Å². The Balaban J connectivity index is 1.27. The molecule has 0 unspecified atom stereocenters. The third-order valence-electron chi connectivity index (χ3n) is 8.08. The number of fused-ring (bicyclic) bond motifs is 2. The first-order chi connectivity index (χ1) is 22.8. The highest BCUT2D eigenvalue weighted by Gasteiger charge is 2.23. The second-order valence-electron chi connectivity index (χ2n) is 11.0. The maximum Gasteiger partial charge on any atom is 0.266 e. The zero-order valence-electron chi connectivity index (χ0n) is 24.5. The Kier molecular flexibility index (Phi) is 6.82. The number of hydrogen-bond donors (Lipinski definition) is 2. The standard InChI is InChI=1S/C34H22N4O8S2/c35-19-1-9-23(10-2-19)47(43,44)25-13-5-21(6-14-25)37-31(39)27-17-29-30(18-28(27)32(37)40)34(42)38(33(29)41)22-7-15-26(16-8-22)48(45,46)24-11-3-20(36)4-12-24/h1-18H,35-36H2. The minimum Gasteiger partial charge on any atom is -0.399 e. The van der Waals surface area contributed by atoms with Crippen LogP contribution in [0.3, 0.4) is 0 Å². The van der Waals surface area contributed by atoms with E-state index in [1.165, 1.54) is 109 Å². The fourth-order valence-electron chi connectivity index (χ4n) is 5.56. The molecule has 5 aromatic carbocycles. The highest BCUT2D eigenvalue weighted by molar-refractivity contribution is 7.91. The van der Waals surface area contributed by atoms with E-state index < -0.39 is 41.9 Å². The molecule has 0 aliphatic heterocycles. The van der Waals surface area contributed by atoms with Crippen molar-refractivity contribution in [1.82, 2.24) is 9.13 Å². The molecule has 7 aromatic rings. The van der Waals surface area contributed by atoms with Crippen LogP contribution in [0.15, 0.2) is 148 Å². The maximum absolute atomic E-state index is 13.5. The number of nitrogen functional groups attached to an aromatic ring is 2. The summed E-state index contributed by atoms with van der Waals surface area (Å²) < 4.78 is 53.8. The Labute approximate surface area is 270 Å². The van der Waals surface area contributed by atoms with Gasteiger partial charge in [-0.1, -0.05) is 0 Å². The number of anilines is 2. The summed E-state index contributed by atoms with van der Waals surface area (Å²) in [6.07, 6.45) is 0. The lowest BCUT2D eigenvalue weighted by atomic mass is 10.1. The lowest BCUT2D eigenvalue weighted by Crippen LogP contribution is -2.24. The van der Waals surface area contributed by atoms with Gasteiger partial charge in [-0.2, -0.15) is 0 Å². The van der Waals surface area contributed by atoms with Crippen LogP contribution in [0.2, 0.25) is 0 Å². The van der Waals surface area contributed by atoms with Crippen LogP contribution in [0.5, 0.6) is 0 Å². The molecule has 4 N–H and O–H groups in total. The van der Waals surface area contributed by atoms with Gasteiger partial charge in [0, 0.05) is 11.4 Å². The van der Waals surface area contributed by atoms with Gasteiger partial charge in [0.1, 0.15) is 0 Å². The number of sulfone groups is 2. The van der Waals surface area contributed by atoms with Crippen molar-refractivity contribution in [3.63, 3.8) is 0 Å². The van der Waals surface area contributed by atoms with Crippen molar-refractivity contribution in [1.29, 1.82) is 0 Å². The van der Waals surface area contributed by atoms with E-state index in [9.17, 15) is 36.0 Å². The third kappa shape index (κ3) is 4.65. The van der Waals surface area contributed by atoms with Crippen molar-refractivity contribution in [2.24, 2.45) is 0 Å². The first-order valence-corrected chi connectivity index (χ1v) is 17.1. The number of rotatable bonds is 6. The Hall–Kier alpha value is -6.12. The summed E-state index contributed by atoms with van der Waals surface area (Å²) in [4.78, 5) is 53.7. The molecule has 7 rings (SSSR count). The van der Waals surface area contributed by atoms with Gasteiger partial charge in [-0.05, 0) is 109 Å². The summed E-state index contributed by atoms with van der Waals surface area (Å²) in [6.45, 7) is 0. The van der Waals surface area contributed by atoms with Crippen LogP contribution in [-0.4, -0.2) is 26.0 Å². The summed E-state index contributed by atoms with van der Waals surface area (Å²) in [6, 6.07) is 24.0. The van der Waals surface area contributed by atoms with Gasteiger partial charge in [-0.25, -0.2) is 26.0 Å². The molecule has 0 bridgehead atoms. The number of nitrogens with two attached hydrogens (primary N) is 2. The second-order valence-corrected chi connectivity index (χ2v) is 14.9. The average molecular weight is 679 g/mol. The molecule has 48 heavy (non-hydrogen) atoms. The van der Waals surface area contributed by atoms with Gasteiger partial charge >= 0.3 is 0 Å². The smallest absolute Gasteiger partial charge is 0.266 e. The molecule has 0 radical (unpaired) electrons. The lowest BCUT2D eigenvalue weighted by molar-refractivity contribution is 0.594. The van der Waals surface area contributed by atoms with E-state index in [2.05, 4.69) is 0 Å². The van der Waals surface area contributed by atoms with Gasteiger partial charge in [0.05, 0.1) is 52.5 Å². The SMILES string of the molecule is Nc1ccc(S(=O)(=O)c2ccc(-n3c(=O)c4cc5c(=O)n(-c6ccc(S(=O)(=O)c7ccc(N)cc7)cc6)c(=O)c5cc4c3=O)cc2)cc1. The van der Waals surface area contributed by atoms with Gasteiger partial charge in [0.25, 0.3) is 22.2 Å². The molecule has 0 fully saturated rings. The lowest BCUT2D eigenvalue weighted by Gasteiger charge is -2.07. The molecule has 0 amide bonds. The summed E-state index contributed by atoms with van der Waals surface area (Å²) >= 11 is 0.